The fraction of sp³-hybridized carbons (Fsp3) is 0.667. The monoisotopic (exact) mass is 484 g/mol. The van der Waals surface area contributed by atoms with E-state index in [0.29, 0.717) is 61.4 Å². The van der Waals surface area contributed by atoms with Gasteiger partial charge in [-0.25, -0.2) is 4.39 Å². The van der Waals surface area contributed by atoms with Crippen molar-refractivity contribution in [3.05, 3.63) is 34.9 Å². The minimum absolute atomic E-state index is 0.0335. The van der Waals surface area contributed by atoms with Gasteiger partial charge in [0.2, 0.25) is 5.91 Å². The van der Waals surface area contributed by atoms with E-state index in [1.165, 1.54) is 6.07 Å². The van der Waals surface area contributed by atoms with Gasteiger partial charge in [-0.05, 0) is 43.2 Å². The molecule has 1 amide bonds. The van der Waals surface area contributed by atoms with Crippen molar-refractivity contribution in [3.63, 3.8) is 0 Å². The standard InChI is InChI=1S/C21H23F7N2OS/c22-19(20(23,24)25,21(26,27)28)14-2-3-15-13(11-14)1-4-17-16(15)5-8-30(17)18(31)12-6-9-32(29)10-7-12/h2-3,11-12,16-17,29H,1,4-10H2. The first kappa shape index (κ1) is 23.5. The van der Waals surface area contributed by atoms with E-state index in [0.717, 1.165) is 0 Å². The van der Waals surface area contributed by atoms with E-state index in [1.807, 2.05) is 4.90 Å². The van der Waals surface area contributed by atoms with Crippen molar-refractivity contribution >= 4 is 16.6 Å². The maximum atomic E-state index is 14.5. The summed E-state index contributed by atoms with van der Waals surface area (Å²) in [6, 6.07) is 2.31. The Bertz CT molecular complexity index is 906. The second-order valence-electron chi connectivity index (χ2n) is 8.78. The predicted molar refractivity (Wildman–Crippen MR) is 105 cm³/mol. The molecule has 1 N–H and O–H groups in total. The summed E-state index contributed by atoms with van der Waals surface area (Å²) >= 11 is 0. The van der Waals surface area contributed by atoms with Gasteiger partial charge in [-0.15, -0.1) is 10.7 Å². The van der Waals surface area contributed by atoms with Gasteiger partial charge in [-0.1, -0.05) is 18.2 Å². The molecule has 11 heteroatoms. The number of rotatable bonds is 2. The highest BCUT2D eigenvalue weighted by Crippen LogP contribution is 2.54. The number of benzene rings is 1. The molecule has 3 aliphatic rings. The average molecular weight is 484 g/mol. The largest absolute Gasteiger partial charge is 0.435 e. The van der Waals surface area contributed by atoms with Crippen molar-refractivity contribution in [1.29, 1.82) is 4.78 Å². The molecule has 178 valence electrons. The number of likely N-dealkylation sites (tertiary alicyclic amines) is 1. The summed E-state index contributed by atoms with van der Waals surface area (Å²) in [5.41, 5.74) is -6.00. The van der Waals surface area contributed by atoms with E-state index >= 15 is 0 Å². The number of alkyl halides is 7. The number of fused-ring (bicyclic) bond motifs is 3. The van der Waals surface area contributed by atoms with Crippen molar-refractivity contribution < 1.29 is 35.5 Å². The van der Waals surface area contributed by atoms with Crippen LogP contribution in [-0.2, 0) is 27.6 Å². The van der Waals surface area contributed by atoms with Gasteiger partial charge in [0.1, 0.15) is 0 Å². The van der Waals surface area contributed by atoms with Crippen molar-refractivity contribution in [2.24, 2.45) is 5.92 Å². The minimum atomic E-state index is -6.13. The van der Waals surface area contributed by atoms with Gasteiger partial charge in [0.15, 0.2) is 0 Å². The first-order valence-corrected chi connectivity index (χ1v) is 12.1. The van der Waals surface area contributed by atoms with Gasteiger partial charge in [-0.3, -0.25) is 9.57 Å². The summed E-state index contributed by atoms with van der Waals surface area (Å²) in [6.07, 6.45) is -9.75. The molecule has 3 nitrogen and oxygen atoms in total. The molecule has 32 heavy (non-hydrogen) atoms. The number of nitrogens with zero attached hydrogens (tertiary/aromatic N) is 1. The van der Waals surface area contributed by atoms with Crippen LogP contribution in [0.25, 0.3) is 0 Å². The first-order chi connectivity index (χ1) is 14.8. The maximum absolute atomic E-state index is 14.5. The molecule has 2 unspecified atom stereocenters. The molecule has 0 spiro atoms. The van der Waals surface area contributed by atoms with E-state index in [1.54, 1.807) is 0 Å². The number of carbonyl (C=O) groups is 1. The van der Waals surface area contributed by atoms with Crippen LogP contribution in [0.4, 0.5) is 30.7 Å². The van der Waals surface area contributed by atoms with Gasteiger partial charge in [0.05, 0.1) is 0 Å². The molecule has 0 saturated carbocycles. The SMILES string of the molecule is N=S1CCC(C(=O)N2CCC3c4ccc(C(F)(C(F)(F)F)C(F)(F)F)cc4CCC32)CC1. The van der Waals surface area contributed by atoms with Crippen molar-refractivity contribution in [2.75, 3.05) is 18.1 Å². The Kier molecular flexibility index (Phi) is 5.87. The molecule has 2 heterocycles. The van der Waals surface area contributed by atoms with Crippen molar-refractivity contribution in [3.8, 4) is 0 Å². The lowest BCUT2D eigenvalue weighted by atomic mass is 9.77. The van der Waals surface area contributed by atoms with Gasteiger partial charge in [0, 0.05) is 41.5 Å². The number of halogens is 7. The Morgan fingerprint density at radius 2 is 1.59 bits per heavy atom. The lowest BCUT2D eigenvalue weighted by Crippen LogP contribution is -2.50. The van der Waals surface area contributed by atoms with Crippen LogP contribution in [0.3, 0.4) is 0 Å². The third kappa shape index (κ3) is 3.74. The van der Waals surface area contributed by atoms with Gasteiger partial charge >= 0.3 is 18.0 Å². The van der Waals surface area contributed by atoms with Gasteiger partial charge < -0.3 is 4.90 Å². The molecule has 2 fully saturated rings. The molecule has 1 aliphatic carbocycles. The summed E-state index contributed by atoms with van der Waals surface area (Å²) in [6.45, 7) is 0.483. The van der Waals surface area contributed by atoms with Crippen LogP contribution in [0.1, 0.15) is 48.3 Å². The third-order valence-corrected chi connectivity index (χ3v) is 8.49. The molecule has 2 aliphatic heterocycles. The van der Waals surface area contributed by atoms with Crippen molar-refractivity contribution in [1.82, 2.24) is 4.90 Å². The molecule has 0 aromatic heterocycles. The highest BCUT2D eigenvalue weighted by Gasteiger charge is 2.73. The zero-order chi connectivity index (χ0) is 23.5. The van der Waals surface area contributed by atoms with Crippen LogP contribution in [0.15, 0.2) is 18.2 Å². The highest BCUT2D eigenvalue weighted by atomic mass is 32.2. The Morgan fingerprint density at radius 1 is 0.969 bits per heavy atom. The molecule has 0 bridgehead atoms. The summed E-state index contributed by atoms with van der Waals surface area (Å²) in [5, 5.41) is 0. The second-order valence-corrected chi connectivity index (χ2v) is 10.6. The fourth-order valence-electron chi connectivity index (χ4n) is 5.33. The Morgan fingerprint density at radius 3 is 2.19 bits per heavy atom. The molecule has 4 rings (SSSR count). The van der Waals surface area contributed by atoms with Crippen LogP contribution in [0.5, 0.6) is 0 Å². The molecular formula is C21H23F7N2OS. The normalized spacial score (nSPS) is 28.9. The number of aryl methyl sites for hydroxylation is 1. The van der Waals surface area contributed by atoms with E-state index in [4.69, 9.17) is 4.78 Å². The Hall–Kier alpha value is -1.65. The summed E-state index contributed by atoms with van der Waals surface area (Å²) in [5.74, 6) is 1.13. The van der Waals surface area contributed by atoms with Crippen LogP contribution >= 0.6 is 0 Å². The Labute approximate surface area is 183 Å². The number of hydrogen-bond acceptors (Lipinski definition) is 2. The summed E-state index contributed by atoms with van der Waals surface area (Å²) < 4.78 is 101. The molecular weight excluding hydrogens is 461 g/mol. The number of hydrogen-bond donors (Lipinski definition) is 1. The lowest BCUT2D eigenvalue weighted by molar-refractivity contribution is -0.348. The van der Waals surface area contributed by atoms with Crippen LogP contribution in [0.2, 0.25) is 0 Å². The molecule has 2 atom stereocenters. The molecule has 2 saturated heterocycles. The van der Waals surface area contributed by atoms with Crippen LogP contribution < -0.4 is 0 Å². The summed E-state index contributed by atoms with van der Waals surface area (Å²) in [7, 11) is -0.401. The van der Waals surface area contributed by atoms with Crippen molar-refractivity contribution in [2.45, 2.75) is 62.1 Å². The Balaban J connectivity index is 1.59. The van der Waals surface area contributed by atoms with E-state index in [9.17, 15) is 35.5 Å². The van der Waals surface area contributed by atoms with Gasteiger partial charge in [0.25, 0.3) is 0 Å². The fourth-order valence-corrected chi connectivity index (χ4v) is 6.68. The van der Waals surface area contributed by atoms with E-state index in [-0.39, 0.29) is 35.8 Å². The highest BCUT2D eigenvalue weighted by molar-refractivity contribution is 7.86. The zero-order valence-corrected chi connectivity index (χ0v) is 17.8. The smallest absolute Gasteiger partial charge is 0.339 e. The maximum Gasteiger partial charge on any atom is 0.435 e. The zero-order valence-electron chi connectivity index (χ0n) is 17.0. The molecule has 0 radical (unpaired) electrons. The second kappa shape index (κ2) is 7.99. The van der Waals surface area contributed by atoms with E-state index in [2.05, 4.69) is 0 Å². The molecule has 1 aromatic rings. The first-order valence-electron chi connectivity index (χ1n) is 10.5. The van der Waals surface area contributed by atoms with Crippen LogP contribution in [-0.4, -0.2) is 47.3 Å². The average Bonchev–Trinajstić information content (AvgIpc) is 3.15. The number of amides is 1. The third-order valence-electron chi connectivity index (χ3n) is 7.03. The number of carbonyl (C=O) groups excluding carboxylic acids is 1. The van der Waals surface area contributed by atoms with Crippen LogP contribution in [0, 0.1) is 10.7 Å². The predicted octanol–water partition coefficient (Wildman–Crippen LogP) is 5.40. The molecule has 1 aromatic carbocycles. The minimum Gasteiger partial charge on any atom is -0.339 e. The van der Waals surface area contributed by atoms with Gasteiger partial charge in [-0.2, -0.15) is 26.3 Å². The quantitative estimate of drug-likeness (QED) is 0.562. The van der Waals surface area contributed by atoms with E-state index < -0.39 is 34.3 Å². The lowest BCUT2D eigenvalue weighted by Gasteiger charge is -2.37. The number of nitrogens with one attached hydrogen (secondary N) is 1. The summed E-state index contributed by atoms with van der Waals surface area (Å²) in [4.78, 5) is 14.9. The topological polar surface area (TPSA) is 44.2 Å².